The molecule has 0 radical (unpaired) electrons. The summed E-state index contributed by atoms with van der Waals surface area (Å²) in [6.07, 6.45) is 0. The molecule has 1 unspecified atom stereocenters. The second-order valence-corrected chi connectivity index (χ2v) is 9.20. The molecule has 3 aromatic rings. The predicted octanol–water partition coefficient (Wildman–Crippen LogP) is 4.74. The summed E-state index contributed by atoms with van der Waals surface area (Å²) in [6.45, 7) is 4.90. The molecular weight excluding hydrogens is 462 g/mol. The van der Waals surface area contributed by atoms with Gasteiger partial charge >= 0.3 is 0 Å². The van der Waals surface area contributed by atoms with Crippen LogP contribution in [0.15, 0.2) is 58.9 Å². The van der Waals surface area contributed by atoms with E-state index < -0.39 is 6.04 Å². The summed E-state index contributed by atoms with van der Waals surface area (Å²) < 4.78 is 13.2. The third-order valence-electron chi connectivity index (χ3n) is 5.32. The molecule has 0 saturated carbocycles. The molecule has 2 aliphatic rings. The fourth-order valence-corrected chi connectivity index (χ4v) is 4.66. The Bertz CT molecular complexity index is 1260. The fraction of sp³-hybridized carbons (Fsp3) is 0.261. The van der Waals surface area contributed by atoms with E-state index in [9.17, 15) is 4.79 Å². The maximum atomic E-state index is 13.5. The highest BCUT2D eigenvalue weighted by molar-refractivity contribution is 7.99. The number of amides is 1. The lowest BCUT2D eigenvalue weighted by Gasteiger charge is -2.29. The SMILES string of the molecule is CCSc1nc2n(n1)C(c1ccc3c(c1)OCCO3)C(C(=O)Nc1cccc(Cl)c1)=C(C)N2. The molecule has 1 aromatic heterocycles. The van der Waals surface area contributed by atoms with Crippen LogP contribution in [0, 0.1) is 0 Å². The van der Waals surface area contributed by atoms with Crippen LogP contribution in [0.2, 0.25) is 5.02 Å². The molecule has 0 spiro atoms. The summed E-state index contributed by atoms with van der Waals surface area (Å²) >= 11 is 7.65. The van der Waals surface area contributed by atoms with Crippen LogP contribution in [-0.4, -0.2) is 39.6 Å². The molecule has 1 amide bonds. The normalized spacial score (nSPS) is 16.8. The average molecular weight is 484 g/mol. The number of benzene rings is 2. The standard InChI is InChI=1S/C23H22ClN5O3S/c1-3-33-23-27-22-25-13(2)19(21(30)26-16-6-4-5-15(24)12-16)20(29(22)28-23)14-7-8-17-18(11-14)32-10-9-31-17/h4-8,11-12,20H,3,9-10H2,1-2H3,(H,26,30)(H,25,27,28). The van der Waals surface area contributed by atoms with E-state index >= 15 is 0 Å². The van der Waals surface area contributed by atoms with Crippen molar-refractivity contribution in [1.82, 2.24) is 14.8 Å². The lowest BCUT2D eigenvalue weighted by Crippen LogP contribution is -2.31. The van der Waals surface area contributed by atoms with Gasteiger partial charge in [0.2, 0.25) is 11.1 Å². The molecule has 170 valence electrons. The molecule has 8 nitrogen and oxygen atoms in total. The first-order valence-corrected chi connectivity index (χ1v) is 11.9. The number of halogens is 1. The highest BCUT2D eigenvalue weighted by Crippen LogP contribution is 2.40. The second kappa shape index (κ2) is 8.99. The van der Waals surface area contributed by atoms with Crippen molar-refractivity contribution >= 4 is 40.9 Å². The first kappa shape index (κ1) is 21.7. The maximum Gasteiger partial charge on any atom is 0.255 e. The lowest BCUT2D eigenvalue weighted by molar-refractivity contribution is -0.113. The first-order chi connectivity index (χ1) is 16.0. The minimum absolute atomic E-state index is 0.256. The molecule has 1 atom stereocenters. The number of nitrogens with one attached hydrogen (secondary N) is 2. The van der Waals surface area contributed by atoms with Crippen molar-refractivity contribution in [2.24, 2.45) is 0 Å². The van der Waals surface area contributed by atoms with Gasteiger partial charge in [-0.25, -0.2) is 4.68 Å². The van der Waals surface area contributed by atoms with Gasteiger partial charge in [0, 0.05) is 16.4 Å². The number of fused-ring (bicyclic) bond motifs is 2. The molecule has 2 N–H and O–H groups in total. The Labute approximate surface area is 200 Å². The molecule has 3 heterocycles. The monoisotopic (exact) mass is 483 g/mol. The van der Waals surface area contributed by atoms with Gasteiger partial charge in [0.1, 0.15) is 19.3 Å². The summed E-state index contributed by atoms with van der Waals surface area (Å²) in [5.74, 6) is 2.50. The number of carbonyl (C=O) groups is 1. The van der Waals surface area contributed by atoms with Gasteiger partial charge < -0.3 is 20.1 Å². The lowest BCUT2D eigenvalue weighted by atomic mass is 9.94. The highest BCUT2D eigenvalue weighted by Gasteiger charge is 2.35. The number of anilines is 2. The number of allylic oxidation sites excluding steroid dienone is 1. The number of hydrogen-bond donors (Lipinski definition) is 2. The van der Waals surface area contributed by atoms with Crippen LogP contribution in [0.5, 0.6) is 11.5 Å². The van der Waals surface area contributed by atoms with Crippen molar-refractivity contribution in [3.05, 3.63) is 64.3 Å². The van der Waals surface area contributed by atoms with Crippen LogP contribution in [0.4, 0.5) is 11.6 Å². The van der Waals surface area contributed by atoms with E-state index in [-0.39, 0.29) is 5.91 Å². The summed E-state index contributed by atoms with van der Waals surface area (Å²) in [4.78, 5) is 18.1. The summed E-state index contributed by atoms with van der Waals surface area (Å²) in [7, 11) is 0. The van der Waals surface area contributed by atoms with Crippen LogP contribution >= 0.6 is 23.4 Å². The Morgan fingerprint density at radius 2 is 2.06 bits per heavy atom. The van der Waals surface area contributed by atoms with Gasteiger partial charge in [0.05, 0.1) is 5.57 Å². The first-order valence-electron chi connectivity index (χ1n) is 10.6. The minimum Gasteiger partial charge on any atom is -0.486 e. The van der Waals surface area contributed by atoms with E-state index in [0.29, 0.717) is 57.8 Å². The van der Waals surface area contributed by atoms with E-state index in [0.717, 1.165) is 11.3 Å². The van der Waals surface area contributed by atoms with Crippen molar-refractivity contribution < 1.29 is 14.3 Å². The summed E-state index contributed by atoms with van der Waals surface area (Å²) in [5.41, 5.74) is 2.68. The Balaban J connectivity index is 1.58. The predicted molar refractivity (Wildman–Crippen MR) is 128 cm³/mol. The van der Waals surface area contributed by atoms with Gasteiger partial charge in [-0.2, -0.15) is 4.98 Å². The zero-order valence-electron chi connectivity index (χ0n) is 18.1. The molecule has 10 heteroatoms. The Morgan fingerprint density at radius 1 is 1.24 bits per heavy atom. The largest absolute Gasteiger partial charge is 0.486 e. The number of rotatable bonds is 5. The molecule has 2 aromatic carbocycles. The second-order valence-electron chi connectivity index (χ2n) is 7.53. The Kier molecular flexibility index (Phi) is 5.90. The molecule has 33 heavy (non-hydrogen) atoms. The van der Waals surface area contributed by atoms with Crippen LogP contribution in [0.3, 0.4) is 0 Å². The third kappa shape index (κ3) is 4.26. The van der Waals surface area contributed by atoms with Gasteiger partial charge in [-0.1, -0.05) is 42.4 Å². The third-order valence-corrected chi connectivity index (χ3v) is 6.27. The van der Waals surface area contributed by atoms with E-state index in [2.05, 4.69) is 15.6 Å². The van der Waals surface area contributed by atoms with Crippen molar-refractivity contribution in [2.45, 2.75) is 25.0 Å². The van der Waals surface area contributed by atoms with Crippen molar-refractivity contribution in [3.8, 4) is 11.5 Å². The molecule has 2 aliphatic heterocycles. The molecule has 5 rings (SSSR count). The van der Waals surface area contributed by atoms with Crippen molar-refractivity contribution in [3.63, 3.8) is 0 Å². The average Bonchev–Trinajstić information content (AvgIpc) is 3.20. The number of hydrogen-bond acceptors (Lipinski definition) is 7. The number of ether oxygens (including phenoxy) is 2. The molecule has 0 aliphatic carbocycles. The number of thioether (sulfide) groups is 1. The highest BCUT2D eigenvalue weighted by atomic mass is 35.5. The summed E-state index contributed by atoms with van der Waals surface area (Å²) in [6, 6.07) is 12.3. The van der Waals surface area contributed by atoms with Gasteiger partial charge in [-0.3, -0.25) is 4.79 Å². The number of aromatic nitrogens is 3. The van der Waals surface area contributed by atoms with Gasteiger partial charge in [0.15, 0.2) is 11.5 Å². The van der Waals surface area contributed by atoms with E-state index in [4.69, 9.17) is 26.2 Å². The van der Waals surface area contributed by atoms with Crippen molar-refractivity contribution in [2.75, 3.05) is 29.6 Å². The van der Waals surface area contributed by atoms with Gasteiger partial charge in [-0.05, 0) is 48.6 Å². The Hall–Kier alpha value is -3.17. The molecular formula is C23H22ClN5O3S. The number of nitrogens with zero attached hydrogens (tertiary/aromatic N) is 3. The fourth-order valence-electron chi connectivity index (χ4n) is 3.92. The van der Waals surface area contributed by atoms with Crippen LogP contribution in [0.25, 0.3) is 0 Å². The Morgan fingerprint density at radius 3 is 2.85 bits per heavy atom. The molecule has 0 bridgehead atoms. The van der Waals surface area contributed by atoms with E-state index in [1.54, 1.807) is 40.7 Å². The van der Waals surface area contributed by atoms with Gasteiger partial charge in [-0.15, -0.1) is 5.10 Å². The maximum absolute atomic E-state index is 13.5. The molecule has 0 fully saturated rings. The summed E-state index contributed by atoms with van der Waals surface area (Å²) in [5, 5.41) is 12.1. The topological polar surface area (TPSA) is 90.3 Å². The zero-order chi connectivity index (χ0) is 22.9. The molecule has 0 saturated heterocycles. The smallest absolute Gasteiger partial charge is 0.255 e. The van der Waals surface area contributed by atoms with E-state index in [1.165, 1.54) is 0 Å². The number of carbonyl (C=O) groups excluding carboxylic acids is 1. The quantitative estimate of drug-likeness (QED) is 0.506. The van der Waals surface area contributed by atoms with Crippen LogP contribution < -0.4 is 20.1 Å². The van der Waals surface area contributed by atoms with E-state index in [1.807, 2.05) is 32.0 Å². The van der Waals surface area contributed by atoms with Crippen LogP contribution in [0.1, 0.15) is 25.5 Å². The van der Waals surface area contributed by atoms with Gasteiger partial charge in [0.25, 0.3) is 5.91 Å². The zero-order valence-corrected chi connectivity index (χ0v) is 19.7. The van der Waals surface area contributed by atoms with Crippen LogP contribution in [-0.2, 0) is 4.79 Å². The van der Waals surface area contributed by atoms with Crippen molar-refractivity contribution in [1.29, 1.82) is 0 Å². The minimum atomic E-state index is -0.505.